The zero-order valence-corrected chi connectivity index (χ0v) is 10.9. The highest BCUT2D eigenvalue weighted by Gasteiger charge is 2.14. The second-order valence-corrected chi connectivity index (χ2v) is 4.35. The van der Waals surface area contributed by atoms with E-state index in [1.54, 1.807) is 0 Å². The number of carbonyl (C=O) groups is 1. The molecule has 0 aromatic carbocycles. The van der Waals surface area contributed by atoms with E-state index in [1.165, 1.54) is 7.11 Å². The normalized spacial score (nSPS) is 12.7. The number of hydrogen-bond acceptors (Lipinski definition) is 5. The predicted octanol–water partition coefficient (Wildman–Crippen LogP) is 0.0553. The van der Waals surface area contributed by atoms with E-state index in [4.69, 9.17) is 4.74 Å². The molecule has 0 fully saturated rings. The molecule has 0 bridgehead atoms. The van der Waals surface area contributed by atoms with E-state index in [0.29, 0.717) is 18.8 Å². The van der Waals surface area contributed by atoms with Crippen LogP contribution in [0, 0.1) is 0 Å². The van der Waals surface area contributed by atoms with Crippen LogP contribution in [0.1, 0.15) is 42.6 Å². The molecule has 1 aromatic heterocycles. The van der Waals surface area contributed by atoms with Crippen LogP contribution in [-0.2, 0) is 4.74 Å². The Morgan fingerprint density at radius 1 is 1.56 bits per heavy atom. The summed E-state index contributed by atoms with van der Waals surface area (Å²) < 4.78 is 4.78. The topological polar surface area (TPSA) is 100 Å². The molecule has 1 amide bonds. The molecule has 0 spiro atoms. The van der Waals surface area contributed by atoms with E-state index in [2.05, 4.69) is 20.5 Å². The molecule has 1 atom stereocenters. The summed E-state index contributed by atoms with van der Waals surface area (Å²) in [5, 5.41) is 18.6. The first-order valence-electron chi connectivity index (χ1n) is 5.92. The highest BCUT2D eigenvalue weighted by molar-refractivity contribution is 5.90. The Labute approximate surface area is 106 Å². The fourth-order valence-corrected chi connectivity index (χ4v) is 1.34. The first-order valence-corrected chi connectivity index (χ1v) is 5.92. The van der Waals surface area contributed by atoms with Gasteiger partial charge in [-0.05, 0) is 6.42 Å². The van der Waals surface area contributed by atoms with E-state index in [0.717, 1.165) is 0 Å². The van der Waals surface area contributed by atoms with Crippen molar-refractivity contribution in [2.75, 3.05) is 20.3 Å². The number of aliphatic hydroxyl groups excluding tert-OH is 1. The van der Waals surface area contributed by atoms with E-state index in [9.17, 15) is 9.90 Å². The average Bonchev–Trinajstić information content (AvgIpc) is 2.78. The zero-order chi connectivity index (χ0) is 13.5. The molecule has 3 N–H and O–H groups in total. The van der Waals surface area contributed by atoms with Gasteiger partial charge in [-0.1, -0.05) is 13.8 Å². The summed E-state index contributed by atoms with van der Waals surface area (Å²) in [7, 11) is 1.52. The largest absolute Gasteiger partial charge is 0.391 e. The molecule has 0 aliphatic carbocycles. The number of nitrogens with zero attached hydrogens (tertiary/aromatic N) is 2. The molecule has 0 saturated heterocycles. The van der Waals surface area contributed by atoms with Gasteiger partial charge in [-0.3, -0.25) is 9.89 Å². The average molecular weight is 256 g/mol. The molecule has 1 heterocycles. The Balaban J connectivity index is 2.36. The van der Waals surface area contributed by atoms with Crippen LogP contribution >= 0.6 is 0 Å². The lowest BCUT2D eigenvalue weighted by atomic mass is 10.2. The standard InChI is InChI=1S/C11H20N4O3/c1-7(2)9-13-10(15-14-9)11(17)12-5-4-8(16)6-18-3/h7-8,16H,4-6H2,1-3H3,(H,12,17)(H,13,14,15). The number of carbonyl (C=O) groups excluding carboxylic acids is 1. The third-order valence-corrected chi connectivity index (χ3v) is 2.37. The third kappa shape index (κ3) is 4.42. The molecule has 0 aliphatic rings. The van der Waals surface area contributed by atoms with Crippen molar-refractivity contribution < 1.29 is 14.6 Å². The summed E-state index contributed by atoms with van der Waals surface area (Å²) in [5.41, 5.74) is 0. The van der Waals surface area contributed by atoms with Crippen LogP contribution < -0.4 is 5.32 Å². The van der Waals surface area contributed by atoms with E-state index in [-0.39, 0.29) is 24.3 Å². The maximum Gasteiger partial charge on any atom is 0.290 e. The van der Waals surface area contributed by atoms with Crippen molar-refractivity contribution in [2.45, 2.75) is 32.3 Å². The minimum atomic E-state index is -0.575. The molecular formula is C11H20N4O3. The van der Waals surface area contributed by atoms with Gasteiger partial charge < -0.3 is 15.2 Å². The number of methoxy groups -OCH3 is 1. The zero-order valence-electron chi connectivity index (χ0n) is 10.9. The lowest BCUT2D eigenvalue weighted by Crippen LogP contribution is -2.29. The number of H-pyrrole nitrogens is 1. The van der Waals surface area contributed by atoms with Gasteiger partial charge in [0.2, 0.25) is 5.82 Å². The van der Waals surface area contributed by atoms with Crippen LogP contribution in [0.4, 0.5) is 0 Å². The number of aromatic amines is 1. The minimum absolute atomic E-state index is 0.125. The lowest BCUT2D eigenvalue weighted by molar-refractivity contribution is 0.0587. The van der Waals surface area contributed by atoms with Gasteiger partial charge in [0, 0.05) is 19.6 Å². The van der Waals surface area contributed by atoms with Crippen LogP contribution in [0.15, 0.2) is 0 Å². The van der Waals surface area contributed by atoms with Gasteiger partial charge in [0.15, 0.2) is 0 Å². The number of nitrogens with one attached hydrogen (secondary N) is 2. The number of aliphatic hydroxyl groups is 1. The van der Waals surface area contributed by atoms with Crippen molar-refractivity contribution in [1.82, 2.24) is 20.5 Å². The van der Waals surface area contributed by atoms with Crippen molar-refractivity contribution >= 4 is 5.91 Å². The molecule has 0 radical (unpaired) electrons. The molecular weight excluding hydrogens is 236 g/mol. The van der Waals surface area contributed by atoms with Gasteiger partial charge in [-0.15, -0.1) is 5.10 Å². The molecule has 18 heavy (non-hydrogen) atoms. The van der Waals surface area contributed by atoms with Crippen molar-refractivity contribution in [1.29, 1.82) is 0 Å². The summed E-state index contributed by atoms with van der Waals surface area (Å²) in [5.74, 6) is 0.657. The van der Waals surface area contributed by atoms with Gasteiger partial charge in [0.25, 0.3) is 5.91 Å². The summed E-state index contributed by atoms with van der Waals surface area (Å²) in [4.78, 5) is 15.7. The molecule has 7 nitrogen and oxygen atoms in total. The number of ether oxygens (including phenoxy) is 1. The van der Waals surface area contributed by atoms with Gasteiger partial charge in [-0.2, -0.15) is 0 Å². The Morgan fingerprint density at radius 2 is 2.28 bits per heavy atom. The predicted molar refractivity (Wildman–Crippen MR) is 65.3 cm³/mol. The van der Waals surface area contributed by atoms with Crippen LogP contribution in [0.2, 0.25) is 0 Å². The molecule has 1 aromatic rings. The van der Waals surface area contributed by atoms with Crippen molar-refractivity contribution in [3.05, 3.63) is 11.6 Å². The molecule has 0 aliphatic heterocycles. The Morgan fingerprint density at radius 3 is 2.83 bits per heavy atom. The first kappa shape index (κ1) is 14.6. The van der Waals surface area contributed by atoms with Gasteiger partial charge in [0.05, 0.1) is 12.7 Å². The molecule has 1 rings (SSSR count). The summed E-state index contributed by atoms with van der Waals surface area (Å²) in [6.07, 6.45) is -0.144. The number of aromatic nitrogens is 3. The summed E-state index contributed by atoms with van der Waals surface area (Å²) >= 11 is 0. The van der Waals surface area contributed by atoms with Crippen molar-refractivity contribution in [3.63, 3.8) is 0 Å². The smallest absolute Gasteiger partial charge is 0.290 e. The van der Waals surface area contributed by atoms with E-state index < -0.39 is 6.10 Å². The Hall–Kier alpha value is -1.47. The first-order chi connectivity index (χ1) is 8.54. The molecule has 1 unspecified atom stereocenters. The molecule has 7 heteroatoms. The maximum absolute atomic E-state index is 11.7. The van der Waals surface area contributed by atoms with Crippen molar-refractivity contribution in [3.8, 4) is 0 Å². The Kier molecular flexibility index (Phi) is 5.73. The third-order valence-electron chi connectivity index (χ3n) is 2.37. The molecule has 0 saturated carbocycles. The molecule has 102 valence electrons. The fourth-order valence-electron chi connectivity index (χ4n) is 1.34. The fraction of sp³-hybridized carbons (Fsp3) is 0.727. The minimum Gasteiger partial charge on any atom is -0.391 e. The second-order valence-electron chi connectivity index (χ2n) is 4.35. The van der Waals surface area contributed by atoms with Crippen molar-refractivity contribution in [2.24, 2.45) is 0 Å². The van der Waals surface area contributed by atoms with Crippen LogP contribution in [0.3, 0.4) is 0 Å². The highest BCUT2D eigenvalue weighted by atomic mass is 16.5. The SMILES string of the molecule is COCC(O)CCNC(=O)c1n[nH]c(C(C)C)n1. The summed E-state index contributed by atoms with van der Waals surface area (Å²) in [6, 6.07) is 0. The summed E-state index contributed by atoms with van der Waals surface area (Å²) in [6.45, 7) is 4.54. The van der Waals surface area contributed by atoms with E-state index in [1.807, 2.05) is 13.8 Å². The van der Waals surface area contributed by atoms with Crippen LogP contribution in [0.5, 0.6) is 0 Å². The Bertz CT molecular complexity index is 378. The van der Waals surface area contributed by atoms with Gasteiger partial charge in [0.1, 0.15) is 5.82 Å². The van der Waals surface area contributed by atoms with Crippen LogP contribution in [-0.4, -0.2) is 52.6 Å². The lowest BCUT2D eigenvalue weighted by Gasteiger charge is -2.08. The second kappa shape index (κ2) is 7.07. The number of hydrogen-bond donors (Lipinski definition) is 3. The number of rotatable bonds is 7. The van der Waals surface area contributed by atoms with E-state index >= 15 is 0 Å². The van der Waals surface area contributed by atoms with Gasteiger partial charge in [-0.25, -0.2) is 4.98 Å². The van der Waals surface area contributed by atoms with Crippen LogP contribution in [0.25, 0.3) is 0 Å². The van der Waals surface area contributed by atoms with Gasteiger partial charge >= 0.3 is 0 Å². The monoisotopic (exact) mass is 256 g/mol. The highest BCUT2D eigenvalue weighted by Crippen LogP contribution is 2.07. The number of amides is 1. The quantitative estimate of drug-likeness (QED) is 0.640. The maximum atomic E-state index is 11.7.